The van der Waals surface area contributed by atoms with Gasteiger partial charge >= 0.3 is 6.09 Å². The fourth-order valence-corrected chi connectivity index (χ4v) is 3.69. The van der Waals surface area contributed by atoms with E-state index in [-0.39, 0.29) is 29.0 Å². The largest absolute Gasteiger partial charge is 0.444 e. The smallest absolute Gasteiger partial charge is 0.410 e. The minimum atomic E-state index is -0.778. The molecule has 0 aliphatic carbocycles. The molecule has 1 saturated heterocycles. The zero-order chi connectivity index (χ0) is 25.2. The molecule has 1 atom stereocenters. The zero-order valence-corrected chi connectivity index (χ0v) is 20.2. The first kappa shape index (κ1) is 24.9. The molecule has 1 aromatic heterocycles. The number of rotatable bonds is 3. The minimum Gasteiger partial charge on any atom is -0.444 e. The lowest BCUT2D eigenvalue weighted by molar-refractivity contribution is 0.0288. The Kier molecular flexibility index (Phi) is 7.07. The number of primary amides is 1. The molecule has 5 N–H and O–H groups in total. The van der Waals surface area contributed by atoms with Crippen molar-refractivity contribution in [2.75, 3.05) is 25.9 Å². The van der Waals surface area contributed by atoms with Crippen molar-refractivity contribution in [1.82, 2.24) is 20.0 Å². The van der Waals surface area contributed by atoms with E-state index in [9.17, 15) is 14.4 Å². The molecule has 0 radical (unpaired) electrons. The van der Waals surface area contributed by atoms with Crippen LogP contribution in [0.1, 0.15) is 65.2 Å². The second kappa shape index (κ2) is 9.65. The number of hydrogen-bond donors (Lipinski definition) is 3. The third kappa shape index (κ3) is 5.43. The third-order valence-electron chi connectivity index (χ3n) is 5.13. The van der Waals surface area contributed by atoms with Gasteiger partial charge in [-0.3, -0.25) is 9.59 Å². The van der Waals surface area contributed by atoms with E-state index in [4.69, 9.17) is 27.8 Å². The van der Waals surface area contributed by atoms with Gasteiger partial charge in [0.1, 0.15) is 17.0 Å². The molecular weight excluding hydrogens is 460 g/mol. The molecule has 34 heavy (non-hydrogen) atoms. The van der Waals surface area contributed by atoms with Crippen LogP contribution < -0.4 is 16.8 Å². The van der Waals surface area contributed by atoms with Crippen molar-refractivity contribution in [2.45, 2.75) is 38.8 Å². The number of hydrogen-bond acceptors (Lipinski definition) is 6. The van der Waals surface area contributed by atoms with E-state index in [0.29, 0.717) is 35.7 Å². The summed E-state index contributed by atoms with van der Waals surface area (Å²) in [7, 11) is 1.52. The van der Waals surface area contributed by atoms with Gasteiger partial charge in [-0.2, -0.15) is 5.10 Å². The number of ether oxygens (including phenoxy) is 1. The number of amides is 3. The summed E-state index contributed by atoms with van der Waals surface area (Å²) in [6.07, 6.45) is 0.137. The molecule has 0 saturated carbocycles. The van der Waals surface area contributed by atoms with Crippen molar-refractivity contribution in [1.29, 1.82) is 0 Å². The summed E-state index contributed by atoms with van der Waals surface area (Å²) in [5, 5.41) is 7.28. The van der Waals surface area contributed by atoms with Gasteiger partial charge in [-0.25, -0.2) is 9.48 Å². The minimum absolute atomic E-state index is 0.0122. The van der Waals surface area contributed by atoms with E-state index >= 15 is 0 Å². The van der Waals surface area contributed by atoms with Crippen molar-refractivity contribution >= 4 is 35.3 Å². The molecule has 0 spiro atoms. The van der Waals surface area contributed by atoms with E-state index < -0.39 is 17.6 Å². The van der Waals surface area contributed by atoms with Crippen molar-refractivity contribution in [3.8, 4) is 11.8 Å². The summed E-state index contributed by atoms with van der Waals surface area (Å²) in [5.74, 6) is 4.64. The number of nitrogens with one attached hydrogen (secondary N) is 1. The molecule has 3 amide bonds. The first-order chi connectivity index (χ1) is 15.9. The number of nitrogens with zero attached hydrogens (tertiary/aromatic N) is 3. The van der Waals surface area contributed by atoms with Crippen LogP contribution in [-0.2, 0) is 4.74 Å². The number of nitrogen functional groups attached to an aromatic ring is 1. The summed E-state index contributed by atoms with van der Waals surface area (Å²) in [5.41, 5.74) is 12.0. The maximum Gasteiger partial charge on any atom is 0.410 e. The lowest BCUT2D eigenvalue weighted by Crippen LogP contribution is -2.35. The maximum atomic E-state index is 12.4. The molecule has 180 valence electrons. The number of aromatic nitrogens is 2. The van der Waals surface area contributed by atoms with Crippen LogP contribution in [0.4, 0.5) is 10.6 Å². The van der Waals surface area contributed by atoms with Crippen molar-refractivity contribution in [3.63, 3.8) is 0 Å². The van der Waals surface area contributed by atoms with Crippen molar-refractivity contribution in [2.24, 2.45) is 5.73 Å². The molecule has 10 nitrogen and oxygen atoms in total. The SMILES string of the molecule is CNC(=O)c1ccc(Cl)c(C#Cc2nn([C@H]3CCN(C(=O)OC(C)(C)C)C3)c(N)c2C(N)=O)c1. The van der Waals surface area contributed by atoms with Gasteiger partial charge in [-0.05, 0) is 51.3 Å². The molecule has 1 aromatic carbocycles. The second-order valence-corrected chi connectivity index (χ2v) is 9.22. The van der Waals surface area contributed by atoms with E-state index in [2.05, 4.69) is 22.3 Å². The second-order valence-electron chi connectivity index (χ2n) is 8.81. The predicted molar refractivity (Wildman–Crippen MR) is 127 cm³/mol. The third-order valence-corrected chi connectivity index (χ3v) is 5.46. The molecule has 1 aliphatic heterocycles. The van der Waals surface area contributed by atoms with Crippen LogP contribution in [0.3, 0.4) is 0 Å². The average molecular weight is 487 g/mol. The normalized spacial score (nSPS) is 15.4. The molecule has 3 rings (SSSR count). The van der Waals surface area contributed by atoms with Gasteiger partial charge in [0, 0.05) is 31.3 Å². The Morgan fingerprint density at radius 1 is 1.26 bits per heavy atom. The molecule has 1 aliphatic rings. The van der Waals surface area contributed by atoms with Gasteiger partial charge in [0.05, 0.1) is 11.1 Å². The monoisotopic (exact) mass is 486 g/mol. The lowest BCUT2D eigenvalue weighted by atomic mass is 10.1. The zero-order valence-electron chi connectivity index (χ0n) is 19.4. The molecule has 2 aromatic rings. The number of carbonyl (C=O) groups is 3. The Morgan fingerprint density at radius 3 is 2.59 bits per heavy atom. The summed E-state index contributed by atoms with van der Waals surface area (Å²) in [6, 6.07) is 4.39. The molecule has 0 bridgehead atoms. The van der Waals surface area contributed by atoms with E-state index in [1.165, 1.54) is 17.8 Å². The highest BCUT2D eigenvalue weighted by Crippen LogP contribution is 2.28. The van der Waals surface area contributed by atoms with Crippen LogP contribution >= 0.6 is 11.6 Å². The molecule has 1 fully saturated rings. The number of anilines is 1. The van der Waals surface area contributed by atoms with E-state index in [1.807, 2.05) is 0 Å². The molecular formula is C23H27ClN6O4. The lowest BCUT2D eigenvalue weighted by Gasteiger charge is -2.24. The van der Waals surface area contributed by atoms with Crippen LogP contribution in [-0.4, -0.2) is 58.3 Å². The van der Waals surface area contributed by atoms with Crippen LogP contribution in [0.15, 0.2) is 18.2 Å². The number of nitrogens with two attached hydrogens (primary N) is 2. The first-order valence-corrected chi connectivity index (χ1v) is 11.0. The Hall–Kier alpha value is -3.71. The van der Waals surface area contributed by atoms with Gasteiger partial charge in [-0.1, -0.05) is 17.5 Å². The Morgan fingerprint density at radius 2 is 1.97 bits per heavy atom. The van der Waals surface area contributed by atoms with Crippen LogP contribution in [0.5, 0.6) is 0 Å². The number of benzene rings is 1. The maximum absolute atomic E-state index is 12.4. The van der Waals surface area contributed by atoms with Crippen LogP contribution in [0.25, 0.3) is 0 Å². The highest BCUT2D eigenvalue weighted by molar-refractivity contribution is 6.31. The summed E-state index contributed by atoms with van der Waals surface area (Å²) >= 11 is 6.22. The first-order valence-electron chi connectivity index (χ1n) is 10.6. The quantitative estimate of drug-likeness (QED) is 0.566. The topological polar surface area (TPSA) is 146 Å². The summed E-state index contributed by atoms with van der Waals surface area (Å²) < 4.78 is 6.89. The average Bonchev–Trinajstić information content (AvgIpc) is 3.36. The fraction of sp³-hybridized carbons (Fsp3) is 0.391. The van der Waals surface area contributed by atoms with Gasteiger partial charge in [0.15, 0.2) is 5.69 Å². The molecule has 11 heteroatoms. The fourth-order valence-electron chi connectivity index (χ4n) is 3.52. The number of carbonyl (C=O) groups excluding carboxylic acids is 3. The van der Waals surface area contributed by atoms with Gasteiger partial charge in [0.25, 0.3) is 11.8 Å². The van der Waals surface area contributed by atoms with E-state index in [0.717, 1.165) is 0 Å². The molecule has 0 unspecified atom stereocenters. The van der Waals surface area contributed by atoms with Gasteiger partial charge in [-0.15, -0.1) is 0 Å². The number of halogens is 1. The highest BCUT2D eigenvalue weighted by Gasteiger charge is 2.33. The highest BCUT2D eigenvalue weighted by atomic mass is 35.5. The van der Waals surface area contributed by atoms with Crippen LogP contribution in [0, 0.1) is 11.8 Å². The van der Waals surface area contributed by atoms with Crippen molar-refractivity contribution in [3.05, 3.63) is 45.6 Å². The Balaban J connectivity index is 1.91. The standard InChI is InChI=1S/C23H27ClN6O4/c1-23(2,3)34-22(33)29-10-9-15(12-29)30-19(25)18(20(26)31)17(28-30)8-6-13-11-14(21(32)27-4)5-7-16(13)24/h5,7,11,15H,9-10,12,25H2,1-4H3,(H2,26,31)(H,27,32)/t15-/m0/s1. The van der Waals surface area contributed by atoms with Crippen molar-refractivity contribution < 1.29 is 19.1 Å². The molecule has 2 heterocycles. The van der Waals surface area contributed by atoms with Gasteiger partial charge in [0.2, 0.25) is 0 Å². The Labute approximate surface area is 202 Å². The van der Waals surface area contributed by atoms with Crippen LogP contribution in [0.2, 0.25) is 5.02 Å². The van der Waals surface area contributed by atoms with Gasteiger partial charge < -0.3 is 26.4 Å². The number of likely N-dealkylation sites (tertiary alicyclic amines) is 1. The predicted octanol–water partition coefficient (Wildman–Crippen LogP) is 2.16. The summed E-state index contributed by atoms with van der Waals surface area (Å²) in [4.78, 5) is 38.0. The summed E-state index contributed by atoms with van der Waals surface area (Å²) in [6.45, 7) is 6.15. The Bertz CT molecular complexity index is 1200. The van der Waals surface area contributed by atoms with E-state index in [1.54, 1.807) is 37.8 Å².